The molecule has 2 atom stereocenters. The van der Waals surface area contributed by atoms with Gasteiger partial charge in [-0.05, 0) is 12.8 Å². The number of carbonyl (C=O) groups excluding carboxylic acids is 1. The zero-order chi connectivity index (χ0) is 10.1. The Bertz CT molecular complexity index is 112. The van der Waals surface area contributed by atoms with Crippen molar-refractivity contribution in [1.82, 2.24) is 5.32 Å². The molecule has 0 aliphatic rings. The van der Waals surface area contributed by atoms with Crippen LogP contribution >= 0.6 is 0 Å². The summed E-state index contributed by atoms with van der Waals surface area (Å²) in [6.45, 7) is 11.9. The molecule has 1 amide bonds. The Morgan fingerprint density at radius 3 is 2.00 bits per heavy atom. The van der Waals surface area contributed by atoms with E-state index in [1.807, 2.05) is 20.8 Å². The molecule has 0 aromatic carbocycles. The highest BCUT2D eigenvalue weighted by atomic mass is 16.1. The number of rotatable bonds is 3. The van der Waals surface area contributed by atoms with E-state index in [-0.39, 0.29) is 5.91 Å². The van der Waals surface area contributed by atoms with Crippen molar-refractivity contribution in [3.8, 4) is 0 Å². The van der Waals surface area contributed by atoms with Gasteiger partial charge in [0.15, 0.2) is 0 Å². The van der Waals surface area contributed by atoms with Gasteiger partial charge in [0.2, 0.25) is 5.91 Å². The zero-order valence-electron chi connectivity index (χ0n) is 9.27. The number of hydrogen-bond acceptors (Lipinski definition) is 1. The van der Waals surface area contributed by atoms with E-state index in [9.17, 15) is 4.79 Å². The first-order valence-electron chi connectivity index (χ1n) is 4.85. The van der Waals surface area contributed by atoms with E-state index in [1.165, 1.54) is 0 Å². The Hall–Kier alpha value is -0.530. The average molecular weight is 173 g/mol. The summed E-state index contributed by atoms with van der Waals surface area (Å²) in [5.41, 5.74) is 0. The van der Waals surface area contributed by atoms with Crippen LogP contribution in [-0.2, 0) is 4.79 Å². The lowest BCUT2D eigenvalue weighted by atomic mass is 10.0. The highest BCUT2D eigenvalue weighted by Crippen LogP contribution is 2.05. The molecule has 0 radical (unpaired) electrons. The van der Waals surface area contributed by atoms with Crippen LogP contribution in [0.5, 0.6) is 0 Å². The number of carbonyl (C=O) groups is 1. The van der Waals surface area contributed by atoms with Gasteiger partial charge in [-0.3, -0.25) is 4.79 Å². The minimum Gasteiger partial charge on any atom is -0.354 e. The maximum Gasteiger partial charge on any atom is 0.217 e. The summed E-state index contributed by atoms with van der Waals surface area (Å²) >= 11 is 0. The Morgan fingerprint density at radius 1 is 1.33 bits per heavy atom. The fourth-order valence-electron chi connectivity index (χ4n) is 0.816. The fraction of sp³-hybridized carbons (Fsp3) is 0.900. The van der Waals surface area contributed by atoms with Gasteiger partial charge in [0.05, 0.1) is 0 Å². The van der Waals surface area contributed by atoms with Gasteiger partial charge in [-0.2, -0.15) is 0 Å². The highest BCUT2D eigenvalue weighted by molar-refractivity contribution is 5.73. The van der Waals surface area contributed by atoms with Crippen molar-refractivity contribution in [1.29, 1.82) is 0 Å². The predicted octanol–water partition coefficient (Wildman–Crippen LogP) is 2.58. The van der Waals surface area contributed by atoms with E-state index >= 15 is 0 Å². The van der Waals surface area contributed by atoms with Crippen LogP contribution in [0.1, 0.15) is 48.0 Å². The molecule has 0 aliphatic carbocycles. The van der Waals surface area contributed by atoms with Gasteiger partial charge >= 0.3 is 0 Å². The van der Waals surface area contributed by atoms with Gasteiger partial charge in [-0.1, -0.05) is 34.1 Å². The van der Waals surface area contributed by atoms with Gasteiger partial charge in [-0.15, -0.1) is 0 Å². The zero-order valence-corrected chi connectivity index (χ0v) is 9.27. The molecule has 2 heteroatoms. The molecular formula is C10H23NO. The third kappa shape index (κ3) is 7.58. The molecular weight excluding hydrogens is 150 g/mol. The van der Waals surface area contributed by atoms with E-state index in [2.05, 4.69) is 19.2 Å². The first-order valence-corrected chi connectivity index (χ1v) is 4.85. The second-order valence-electron chi connectivity index (χ2n) is 2.87. The molecule has 0 fully saturated rings. The standard InChI is InChI=1S/C8H17NO.C2H6/c1-5-6(2)7(3)9-8(4)10;1-2/h6-7H,5H2,1-4H3,(H,9,10);1-2H3. The van der Waals surface area contributed by atoms with Crippen molar-refractivity contribution in [2.24, 2.45) is 5.92 Å². The van der Waals surface area contributed by atoms with Gasteiger partial charge in [-0.25, -0.2) is 0 Å². The van der Waals surface area contributed by atoms with Crippen LogP contribution < -0.4 is 5.32 Å². The SMILES string of the molecule is CC.CCC(C)C(C)NC(C)=O. The lowest BCUT2D eigenvalue weighted by Crippen LogP contribution is -2.35. The lowest BCUT2D eigenvalue weighted by Gasteiger charge is -2.18. The van der Waals surface area contributed by atoms with E-state index in [4.69, 9.17) is 0 Å². The topological polar surface area (TPSA) is 29.1 Å². The summed E-state index contributed by atoms with van der Waals surface area (Å²) in [6.07, 6.45) is 1.11. The minimum absolute atomic E-state index is 0.0628. The van der Waals surface area contributed by atoms with Crippen LogP contribution in [0.2, 0.25) is 0 Å². The van der Waals surface area contributed by atoms with Gasteiger partial charge in [0.25, 0.3) is 0 Å². The molecule has 0 spiro atoms. The monoisotopic (exact) mass is 173 g/mol. The summed E-state index contributed by atoms with van der Waals surface area (Å²) < 4.78 is 0. The van der Waals surface area contributed by atoms with Crippen molar-refractivity contribution >= 4 is 5.91 Å². The molecule has 0 rings (SSSR count). The van der Waals surface area contributed by atoms with Crippen molar-refractivity contribution < 1.29 is 4.79 Å². The van der Waals surface area contributed by atoms with Crippen molar-refractivity contribution in [3.63, 3.8) is 0 Å². The van der Waals surface area contributed by atoms with Crippen LogP contribution in [0.15, 0.2) is 0 Å². The van der Waals surface area contributed by atoms with Crippen LogP contribution in [0.4, 0.5) is 0 Å². The van der Waals surface area contributed by atoms with E-state index in [0.29, 0.717) is 12.0 Å². The number of nitrogens with one attached hydrogen (secondary N) is 1. The Kier molecular flexibility index (Phi) is 10.0. The molecule has 0 saturated carbocycles. The molecule has 0 aromatic heterocycles. The summed E-state index contributed by atoms with van der Waals surface area (Å²) in [4.78, 5) is 10.6. The smallest absolute Gasteiger partial charge is 0.217 e. The Labute approximate surface area is 76.7 Å². The number of amides is 1. The Balaban J connectivity index is 0. The maximum atomic E-state index is 10.6. The minimum atomic E-state index is 0.0628. The third-order valence-corrected chi connectivity index (χ3v) is 1.93. The number of hydrogen-bond donors (Lipinski definition) is 1. The third-order valence-electron chi connectivity index (χ3n) is 1.93. The molecule has 2 unspecified atom stereocenters. The van der Waals surface area contributed by atoms with Gasteiger partial charge in [0.1, 0.15) is 0 Å². The van der Waals surface area contributed by atoms with E-state index < -0.39 is 0 Å². The molecule has 0 saturated heterocycles. The Morgan fingerprint density at radius 2 is 1.75 bits per heavy atom. The first-order chi connectivity index (χ1) is 5.57. The fourth-order valence-corrected chi connectivity index (χ4v) is 0.816. The maximum absolute atomic E-state index is 10.6. The molecule has 2 nitrogen and oxygen atoms in total. The predicted molar refractivity (Wildman–Crippen MR) is 54.1 cm³/mol. The molecule has 12 heavy (non-hydrogen) atoms. The second kappa shape index (κ2) is 8.57. The van der Waals surface area contributed by atoms with Crippen LogP contribution in [-0.4, -0.2) is 11.9 Å². The van der Waals surface area contributed by atoms with E-state index in [1.54, 1.807) is 6.92 Å². The average Bonchev–Trinajstić information content (AvgIpc) is 2.05. The van der Waals surface area contributed by atoms with Crippen molar-refractivity contribution in [3.05, 3.63) is 0 Å². The second-order valence-corrected chi connectivity index (χ2v) is 2.87. The highest BCUT2D eigenvalue weighted by Gasteiger charge is 2.09. The summed E-state index contributed by atoms with van der Waals surface area (Å²) in [7, 11) is 0. The lowest BCUT2D eigenvalue weighted by molar-refractivity contribution is -0.119. The molecule has 0 heterocycles. The molecule has 74 valence electrons. The van der Waals surface area contributed by atoms with Gasteiger partial charge < -0.3 is 5.32 Å². The molecule has 0 aromatic rings. The summed E-state index contributed by atoms with van der Waals surface area (Å²) in [5.74, 6) is 0.636. The van der Waals surface area contributed by atoms with Crippen molar-refractivity contribution in [2.75, 3.05) is 0 Å². The molecule has 0 bridgehead atoms. The van der Waals surface area contributed by atoms with Crippen LogP contribution in [0.25, 0.3) is 0 Å². The largest absolute Gasteiger partial charge is 0.354 e. The first kappa shape index (κ1) is 14.0. The van der Waals surface area contributed by atoms with Crippen LogP contribution in [0.3, 0.4) is 0 Å². The summed E-state index contributed by atoms with van der Waals surface area (Å²) in [5, 5.41) is 2.85. The van der Waals surface area contributed by atoms with Crippen molar-refractivity contribution in [2.45, 2.75) is 54.0 Å². The van der Waals surface area contributed by atoms with Gasteiger partial charge in [0, 0.05) is 13.0 Å². The molecule has 1 N–H and O–H groups in total. The summed E-state index contributed by atoms with van der Waals surface area (Å²) in [6, 6.07) is 0.308. The molecule has 0 aliphatic heterocycles. The van der Waals surface area contributed by atoms with Crippen LogP contribution in [0, 0.1) is 5.92 Å². The normalized spacial score (nSPS) is 13.8. The quantitative estimate of drug-likeness (QED) is 0.698. The van der Waals surface area contributed by atoms with E-state index in [0.717, 1.165) is 6.42 Å².